The van der Waals surface area contributed by atoms with E-state index in [9.17, 15) is 0 Å². The van der Waals surface area contributed by atoms with Gasteiger partial charge in [0.15, 0.2) is 0 Å². The lowest BCUT2D eigenvalue weighted by molar-refractivity contribution is 0.201. The Bertz CT molecular complexity index is 443. The van der Waals surface area contributed by atoms with Crippen LogP contribution < -0.4 is 10.2 Å². The molecule has 1 aliphatic carbocycles. The second-order valence-corrected chi connectivity index (χ2v) is 6.97. The molecule has 4 heteroatoms. The fourth-order valence-electron chi connectivity index (χ4n) is 3.71. The van der Waals surface area contributed by atoms with Crippen LogP contribution >= 0.6 is 0 Å². The van der Waals surface area contributed by atoms with Crippen molar-refractivity contribution >= 4 is 5.95 Å². The maximum absolute atomic E-state index is 4.59. The highest BCUT2D eigenvalue weighted by Gasteiger charge is 2.31. The van der Waals surface area contributed by atoms with Gasteiger partial charge in [-0.25, -0.2) is 9.97 Å². The quantitative estimate of drug-likeness (QED) is 0.925. The monoisotopic (exact) mass is 288 g/mol. The molecular weight excluding hydrogens is 260 g/mol. The molecule has 116 valence electrons. The fraction of sp³-hybridized carbons (Fsp3) is 0.765. The Balaban J connectivity index is 1.59. The predicted octanol–water partition coefficient (Wildman–Crippen LogP) is 2.99. The highest BCUT2D eigenvalue weighted by atomic mass is 15.3. The molecule has 0 radical (unpaired) electrons. The summed E-state index contributed by atoms with van der Waals surface area (Å²) in [6, 6.07) is 0.495. The van der Waals surface area contributed by atoms with Crippen LogP contribution in [0.25, 0.3) is 0 Å². The van der Waals surface area contributed by atoms with E-state index >= 15 is 0 Å². The van der Waals surface area contributed by atoms with Crippen LogP contribution in [0.2, 0.25) is 0 Å². The van der Waals surface area contributed by atoms with Crippen molar-refractivity contribution in [3.05, 3.63) is 18.0 Å². The van der Waals surface area contributed by atoms with Gasteiger partial charge in [-0.1, -0.05) is 33.1 Å². The third-order valence-electron chi connectivity index (χ3n) is 4.98. The van der Waals surface area contributed by atoms with Crippen LogP contribution in [0.5, 0.6) is 0 Å². The molecule has 2 aliphatic rings. The Morgan fingerprint density at radius 1 is 1.14 bits per heavy atom. The zero-order valence-electron chi connectivity index (χ0n) is 13.4. The van der Waals surface area contributed by atoms with E-state index in [1.165, 1.54) is 37.7 Å². The molecule has 1 aliphatic heterocycles. The van der Waals surface area contributed by atoms with Crippen LogP contribution in [-0.4, -0.2) is 29.1 Å². The summed E-state index contributed by atoms with van der Waals surface area (Å²) in [6.07, 6.45) is 11.0. The molecule has 1 aromatic heterocycles. The van der Waals surface area contributed by atoms with Crippen molar-refractivity contribution in [1.82, 2.24) is 15.3 Å². The van der Waals surface area contributed by atoms with Gasteiger partial charge >= 0.3 is 0 Å². The second kappa shape index (κ2) is 6.73. The summed E-state index contributed by atoms with van der Waals surface area (Å²) in [5, 5.41) is 3.40. The van der Waals surface area contributed by atoms with Crippen LogP contribution in [0.15, 0.2) is 12.4 Å². The number of fused-ring (bicyclic) bond motifs is 1. The number of hydrogen-bond donors (Lipinski definition) is 1. The second-order valence-electron chi connectivity index (χ2n) is 6.97. The molecule has 1 N–H and O–H groups in total. The summed E-state index contributed by atoms with van der Waals surface area (Å²) in [6.45, 7) is 7.45. The van der Waals surface area contributed by atoms with E-state index < -0.39 is 0 Å². The van der Waals surface area contributed by atoms with Crippen LogP contribution in [-0.2, 0) is 6.54 Å². The third kappa shape index (κ3) is 3.73. The normalized spacial score (nSPS) is 26.0. The van der Waals surface area contributed by atoms with E-state index in [2.05, 4.69) is 34.0 Å². The Kier molecular flexibility index (Phi) is 4.73. The highest BCUT2D eigenvalue weighted by molar-refractivity contribution is 5.31. The van der Waals surface area contributed by atoms with Crippen LogP contribution in [0, 0.1) is 11.8 Å². The lowest BCUT2D eigenvalue weighted by atomic mass is 9.75. The largest absolute Gasteiger partial charge is 0.341 e. The van der Waals surface area contributed by atoms with Crippen molar-refractivity contribution < 1.29 is 0 Å². The summed E-state index contributed by atoms with van der Waals surface area (Å²) in [5.74, 6) is 2.76. The van der Waals surface area contributed by atoms with Gasteiger partial charge in [-0.05, 0) is 24.7 Å². The summed E-state index contributed by atoms with van der Waals surface area (Å²) in [7, 11) is 0. The molecule has 0 amide bonds. The first-order chi connectivity index (χ1) is 10.2. The SMILES string of the molecule is CC(C)NCc1cnc(N2CCC3CCCCC3C2)nc1. The topological polar surface area (TPSA) is 41.1 Å². The van der Waals surface area contributed by atoms with E-state index in [0.717, 1.165) is 37.4 Å². The molecular formula is C17H28N4. The number of nitrogens with one attached hydrogen (secondary N) is 1. The Morgan fingerprint density at radius 2 is 1.86 bits per heavy atom. The van der Waals surface area contributed by atoms with Crippen molar-refractivity contribution in [2.75, 3.05) is 18.0 Å². The fourth-order valence-corrected chi connectivity index (χ4v) is 3.71. The Labute approximate surface area is 128 Å². The van der Waals surface area contributed by atoms with Crippen molar-refractivity contribution in [2.24, 2.45) is 11.8 Å². The molecule has 1 saturated carbocycles. The van der Waals surface area contributed by atoms with E-state index in [0.29, 0.717) is 6.04 Å². The lowest BCUT2D eigenvalue weighted by Crippen LogP contribution is -2.42. The van der Waals surface area contributed by atoms with E-state index in [1.807, 2.05) is 12.4 Å². The first kappa shape index (κ1) is 14.8. The molecule has 2 atom stereocenters. The van der Waals surface area contributed by atoms with Gasteiger partial charge in [0.05, 0.1) is 0 Å². The van der Waals surface area contributed by atoms with Gasteiger partial charge in [0.2, 0.25) is 5.95 Å². The Morgan fingerprint density at radius 3 is 2.57 bits per heavy atom. The average molecular weight is 288 g/mol. The van der Waals surface area contributed by atoms with Crippen molar-refractivity contribution in [2.45, 2.75) is 58.5 Å². The van der Waals surface area contributed by atoms with E-state index in [4.69, 9.17) is 0 Å². The van der Waals surface area contributed by atoms with Crippen LogP contribution in [0.1, 0.15) is 51.5 Å². The average Bonchev–Trinajstić information content (AvgIpc) is 2.53. The zero-order chi connectivity index (χ0) is 14.7. The van der Waals surface area contributed by atoms with E-state index in [1.54, 1.807) is 0 Å². The minimum absolute atomic E-state index is 0.495. The third-order valence-corrected chi connectivity index (χ3v) is 4.98. The molecule has 3 rings (SSSR count). The summed E-state index contributed by atoms with van der Waals surface area (Å²) < 4.78 is 0. The minimum Gasteiger partial charge on any atom is -0.341 e. The number of rotatable bonds is 4. The molecule has 1 saturated heterocycles. The van der Waals surface area contributed by atoms with Gasteiger partial charge < -0.3 is 10.2 Å². The van der Waals surface area contributed by atoms with Gasteiger partial charge in [-0.2, -0.15) is 0 Å². The molecule has 2 fully saturated rings. The standard InChI is InChI=1S/C17H28N4/c1-13(2)18-9-14-10-19-17(20-11-14)21-8-7-15-5-3-4-6-16(15)12-21/h10-11,13,15-16,18H,3-9,12H2,1-2H3. The summed E-state index contributed by atoms with van der Waals surface area (Å²) >= 11 is 0. The minimum atomic E-state index is 0.495. The number of aromatic nitrogens is 2. The molecule has 21 heavy (non-hydrogen) atoms. The van der Waals surface area contributed by atoms with Crippen LogP contribution in [0.3, 0.4) is 0 Å². The Hall–Kier alpha value is -1.16. The van der Waals surface area contributed by atoms with E-state index in [-0.39, 0.29) is 0 Å². The number of piperidine rings is 1. The van der Waals surface area contributed by atoms with Crippen molar-refractivity contribution in [1.29, 1.82) is 0 Å². The van der Waals surface area contributed by atoms with Gasteiger partial charge in [-0.3, -0.25) is 0 Å². The van der Waals surface area contributed by atoms with Crippen molar-refractivity contribution in [3.8, 4) is 0 Å². The molecule has 2 unspecified atom stereocenters. The molecule has 0 spiro atoms. The lowest BCUT2D eigenvalue weighted by Gasteiger charge is -2.41. The summed E-state index contributed by atoms with van der Waals surface area (Å²) in [4.78, 5) is 11.6. The highest BCUT2D eigenvalue weighted by Crippen LogP contribution is 2.36. The van der Waals surface area contributed by atoms with Gasteiger partial charge in [0, 0.05) is 43.6 Å². The smallest absolute Gasteiger partial charge is 0.225 e. The summed E-state index contributed by atoms with van der Waals surface area (Å²) in [5.41, 5.74) is 1.17. The van der Waals surface area contributed by atoms with Crippen LogP contribution in [0.4, 0.5) is 5.95 Å². The zero-order valence-corrected chi connectivity index (χ0v) is 13.4. The number of hydrogen-bond acceptors (Lipinski definition) is 4. The first-order valence-corrected chi connectivity index (χ1v) is 8.51. The molecule has 2 heterocycles. The maximum atomic E-state index is 4.59. The van der Waals surface area contributed by atoms with Gasteiger partial charge in [-0.15, -0.1) is 0 Å². The molecule has 0 bridgehead atoms. The molecule has 1 aromatic rings. The number of nitrogens with zero attached hydrogens (tertiary/aromatic N) is 3. The number of anilines is 1. The maximum Gasteiger partial charge on any atom is 0.225 e. The first-order valence-electron chi connectivity index (χ1n) is 8.51. The van der Waals surface area contributed by atoms with Crippen molar-refractivity contribution in [3.63, 3.8) is 0 Å². The van der Waals surface area contributed by atoms with Gasteiger partial charge in [0.25, 0.3) is 0 Å². The molecule has 4 nitrogen and oxygen atoms in total. The molecule has 0 aromatic carbocycles. The van der Waals surface area contributed by atoms with Gasteiger partial charge in [0.1, 0.15) is 0 Å². The predicted molar refractivity (Wildman–Crippen MR) is 86.3 cm³/mol.